The van der Waals surface area contributed by atoms with Crippen molar-refractivity contribution < 1.29 is 31.1 Å². The lowest BCUT2D eigenvalue weighted by molar-refractivity contribution is -0.153. The van der Waals surface area contributed by atoms with Crippen molar-refractivity contribution in [1.82, 2.24) is 5.32 Å². The van der Waals surface area contributed by atoms with E-state index in [-0.39, 0.29) is 17.0 Å². The predicted molar refractivity (Wildman–Crippen MR) is 74.1 cm³/mol. The van der Waals surface area contributed by atoms with Crippen molar-refractivity contribution in [2.75, 3.05) is 13.7 Å². The van der Waals surface area contributed by atoms with Crippen LogP contribution in [0, 0.1) is 11.3 Å². The fourth-order valence-electron chi connectivity index (χ4n) is 1.69. The highest BCUT2D eigenvalue weighted by Gasteiger charge is 2.33. The van der Waals surface area contributed by atoms with E-state index in [1.54, 1.807) is 6.07 Å². The summed E-state index contributed by atoms with van der Waals surface area (Å²) in [5.41, 5.74) is -1.95. The Morgan fingerprint density at radius 3 is 2.29 bits per heavy atom. The van der Waals surface area contributed by atoms with E-state index in [1.807, 2.05) is 0 Å². The molecular weight excluding hydrogens is 340 g/mol. The van der Waals surface area contributed by atoms with Gasteiger partial charge in [0.05, 0.1) is 5.56 Å². The molecule has 0 unspecified atom stereocenters. The van der Waals surface area contributed by atoms with Crippen LogP contribution in [-0.2, 0) is 6.18 Å². The molecule has 0 heterocycles. The largest absolute Gasteiger partial charge is 0.484 e. The highest BCUT2D eigenvalue weighted by Crippen LogP contribution is 2.35. The summed E-state index contributed by atoms with van der Waals surface area (Å²) in [7, 11) is 1.33. The molecule has 1 aromatic carbocycles. The third-order valence-electron chi connectivity index (χ3n) is 2.67. The molecule has 4 nitrogen and oxygen atoms in total. The van der Waals surface area contributed by atoms with E-state index in [2.05, 4.69) is 21.8 Å². The molecule has 0 atom stereocenters. The van der Waals surface area contributed by atoms with Crippen LogP contribution in [0.3, 0.4) is 0 Å². The molecule has 0 bridgehead atoms. The maximum absolute atomic E-state index is 12.9. The summed E-state index contributed by atoms with van der Waals surface area (Å²) in [5, 5.41) is 11.4. The van der Waals surface area contributed by atoms with Crippen LogP contribution in [0.4, 0.5) is 26.3 Å². The van der Waals surface area contributed by atoms with Gasteiger partial charge >= 0.3 is 12.4 Å². The lowest BCUT2D eigenvalue weighted by atomic mass is 10.1. The average Bonchev–Trinajstić information content (AvgIpc) is 2.48. The molecule has 0 radical (unpaired) electrons. The summed E-state index contributed by atoms with van der Waals surface area (Å²) in [6.07, 6.45) is -9.54. The number of hydrogen-bond donors (Lipinski definition) is 1. The Bertz CT molecular complexity index is 685. The molecule has 10 heteroatoms. The zero-order valence-electron chi connectivity index (χ0n) is 12.2. The molecule has 0 aliphatic rings. The average molecular weight is 351 g/mol. The molecule has 130 valence electrons. The van der Waals surface area contributed by atoms with Gasteiger partial charge in [0.15, 0.2) is 6.61 Å². The summed E-state index contributed by atoms with van der Waals surface area (Å²) in [5.74, 6) is -0.660. The summed E-state index contributed by atoms with van der Waals surface area (Å²) in [6.45, 7) is 1.40. The van der Waals surface area contributed by atoms with Crippen LogP contribution < -0.4 is 10.1 Å². The Balaban J connectivity index is 3.47. The van der Waals surface area contributed by atoms with Gasteiger partial charge in [0.1, 0.15) is 23.2 Å². The minimum Gasteiger partial charge on any atom is -0.484 e. The van der Waals surface area contributed by atoms with Gasteiger partial charge in [-0.15, -0.1) is 0 Å². The number of nitrogens with zero attached hydrogens (tertiary/aromatic N) is 2. The van der Waals surface area contributed by atoms with Crippen LogP contribution in [0.2, 0.25) is 0 Å². The predicted octanol–water partition coefficient (Wildman–Crippen LogP) is 3.76. The smallest absolute Gasteiger partial charge is 0.422 e. The number of alkyl halides is 6. The van der Waals surface area contributed by atoms with Crippen molar-refractivity contribution in [2.45, 2.75) is 12.4 Å². The Morgan fingerprint density at radius 1 is 1.25 bits per heavy atom. The number of aliphatic imine (C=N–C) groups is 1. The maximum atomic E-state index is 12.9. The van der Waals surface area contributed by atoms with Crippen LogP contribution in [0.15, 0.2) is 28.9 Å². The van der Waals surface area contributed by atoms with E-state index in [0.717, 1.165) is 6.07 Å². The molecule has 0 fully saturated rings. The van der Waals surface area contributed by atoms with Gasteiger partial charge in [-0.05, 0) is 24.9 Å². The van der Waals surface area contributed by atoms with Gasteiger partial charge in [-0.25, -0.2) is 0 Å². The van der Waals surface area contributed by atoms with Gasteiger partial charge < -0.3 is 10.1 Å². The van der Waals surface area contributed by atoms with Crippen molar-refractivity contribution in [3.63, 3.8) is 0 Å². The second-order valence-electron chi connectivity index (χ2n) is 4.39. The maximum Gasteiger partial charge on any atom is 0.422 e. The first-order valence-corrected chi connectivity index (χ1v) is 6.23. The first kappa shape index (κ1) is 19.3. The number of nitriles is 1. The van der Waals surface area contributed by atoms with Crippen molar-refractivity contribution in [2.24, 2.45) is 4.99 Å². The number of ether oxygens (including phenoxy) is 1. The van der Waals surface area contributed by atoms with Crippen LogP contribution >= 0.6 is 0 Å². The van der Waals surface area contributed by atoms with E-state index in [9.17, 15) is 26.3 Å². The zero-order valence-corrected chi connectivity index (χ0v) is 12.2. The molecule has 0 saturated carbocycles. The van der Waals surface area contributed by atoms with Gasteiger partial charge in [0.25, 0.3) is 0 Å². The minimum absolute atomic E-state index is 0.203. The van der Waals surface area contributed by atoms with E-state index in [4.69, 9.17) is 5.26 Å². The summed E-state index contributed by atoms with van der Waals surface area (Å²) in [6, 6.07) is 3.65. The Morgan fingerprint density at radius 2 is 1.88 bits per heavy atom. The number of halogens is 6. The molecule has 0 aliphatic carbocycles. The van der Waals surface area contributed by atoms with Crippen molar-refractivity contribution in [1.29, 1.82) is 5.26 Å². The molecule has 0 aromatic heterocycles. The molecule has 1 rings (SSSR count). The summed E-state index contributed by atoms with van der Waals surface area (Å²) < 4.78 is 79.8. The minimum atomic E-state index is -4.83. The van der Waals surface area contributed by atoms with Gasteiger partial charge in [0, 0.05) is 12.6 Å². The monoisotopic (exact) mass is 351 g/mol. The molecule has 24 heavy (non-hydrogen) atoms. The quantitative estimate of drug-likeness (QED) is 0.499. The fraction of sp³-hybridized carbons (Fsp3) is 0.286. The molecule has 0 spiro atoms. The number of benzene rings is 1. The summed E-state index contributed by atoms with van der Waals surface area (Å²) in [4.78, 5) is 3.47. The number of rotatable bonds is 5. The molecular formula is C14H11F6N3O. The Hall–Kier alpha value is -2.70. The molecule has 1 aromatic rings. The number of hydrogen-bond acceptors (Lipinski definition) is 4. The number of allylic oxidation sites excluding steroid dienone is 1. The van der Waals surface area contributed by atoms with Crippen LogP contribution in [0.1, 0.15) is 11.1 Å². The van der Waals surface area contributed by atoms with E-state index >= 15 is 0 Å². The van der Waals surface area contributed by atoms with Gasteiger partial charge in [-0.2, -0.15) is 31.6 Å². The van der Waals surface area contributed by atoms with Crippen molar-refractivity contribution in [3.05, 3.63) is 35.0 Å². The molecule has 0 aliphatic heterocycles. The standard InChI is InChI=1S/C14H11F6N3O/c1-22-11(6-21)12(23-2)8-3-9(14(18,19)20)5-10(4-8)24-7-13(15,16)17/h3-5,22H,2,7H2,1H3/b12-11-. The topological polar surface area (TPSA) is 57.4 Å². The van der Waals surface area contributed by atoms with E-state index in [0.29, 0.717) is 12.1 Å². The van der Waals surface area contributed by atoms with E-state index in [1.165, 1.54) is 7.05 Å². The Kier molecular flexibility index (Phi) is 5.84. The normalized spacial score (nSPS) is 12.9. The molecule has 0 amide bonds. The second kappa shape index (κ2) is 7.25. The second-order valence-corrected chi connectivity index (χ2v) is 4.39. The van der Waals surface area contributed by atoms with Crippen LogP contribution in [0.25, 0.3) is 5.70 Å². The fourth-order valence-corrected chi connectivity index (χ4v) is 1.69. The Labute approximate surface area is 133 Å². The van der Waals surface area contributed by atoms with E-state index < -0.39 is 30.3 Å². The molecule has 1 N–H and O–H groups in total. The zero-order chi connectivity index (χ0) is 18.5. The lowest BCUT2D eigenvalue weighted by Gasteiger charge is -2.15. The van der Waals surface area contributed by atoms with Crippen molar-refractivity contribution in [3.8, 4) is 11.8 Å². The summed E-state index contributed by atoms with van der Waals surface area (Å²) >= 11 is 0. The van der Waals surface area contributed by atoms with Crippen LogP contribution in [0.5, 0.6) is 5.75 Å². The van der Waals surface area contributed by atoms with Crippen LogP contribution in [-0.4, -0.2) is 26.5 Å². The third kappa shape index (κ3) is 5.19. The highest BCUT2D eigenvalue weighted by atomic mass is 19.4. The first-order valence-electron chi connectivity index (χ1n) is 6.23. The third-order valence-corrected chi connectivity index (χ3v) is 2.67. The lowest BCUT2D eigenvalue weighted by Crippen LogP contribution is -2.19. The first-order chi connectivity index (χ1) is 11.0. The van der Waals surface area contributed by atoms with Gasteiger partial charge in [-0.1, -0.05) is 0 Å². The molecule has 0 saturated heterocycles. The van der Waals surface area contributed by atoms with Gasteiger partial charge in [-0.3, -0.25) is 4.99 Å². The SMILES string of the molecule is C=N/C(=C(/C#N)NC)c1cc(OCC(F)(F)F)cc(C(F)(F)F)c1. The van der Waals surface area contributed by atoms with Crippen molar-refractivity contribution >= 4 is 12.4 Å². The number of nitrogens with one attached hydrogen (secondary N) is 1. The highest BCUT2D eigenvalue weighted by molar-refractivity contribution is 5.74. The van der Waals surface area contributed by atoms with Gasteiger partial charge in [0.2, 0.25) is 0 Å².